The van der Waals surface area contributed by atoms with Gasteiger partial charge in [-0.05, 0) is 57.5 Å². The van der Waals surface area contributed by atoms with Crippen molar-refractivity contribution < 1.29 is 13.9 Å². The summed E-state index contributed by atoms with van der Waals surface area (Å²) >= 11 is 6.92. The molecule has 2 aromatic carbocycles. The van der Waals surface area contributed by atoms with E-state index in [1.165, 1.54) is 6.08 Å². The molecule has 0 spiro atoms. The first kappa shape index (κ1) is 28.4. The molecule has 9 nitrogen and oxygen atoms in total. The molecule has 0 saturated carbocycles. The number of halogens is 2. The normalized spacial score (nSPS) is 18.2. The average Bonchev–Trinajstić information content (AvgIpc) is 3.47. The number of nitrogens with zero attached hydrogens (tertiary/aromatic N) is 7. The summed E-state index contributed by atoms with van der Waals surface area (Å²) in [6.07, 6.45) is 5.96. The van der Waals surface area contributed by atoms with Crippen LogP contribution in [0.3, 0.4) is 0 Å². The molecular formula is C31H35ClFN7O2. The second-order valence-electron chi connectivity index (χ2n) is 11.2. The van der Waals surface area contributed by atoms with E-state index < -0.39 is 5.82 Å². The van der Waals surface area contributed by atoms with E-state index in [-0.39, 0.29) is 34.1 Å². The van der Waals surface area contributed by atoms with Gasteiger partial charge in [-0.15, -0.1) is 0 Å². The molecule has 2 aromatic heterocycles. The van der Waals surface area contributed by atoms with Gasteiger partial charge in [-0.2, -0.15) is 15.1 Å². The summed E-state index contributed by atoms with van der Waals surface area (Å²) in [5.41, 5.74) is 2.78. The first-order chi connectivity index (χ1) is 20.3. The fourth-order valence-corrected chi connectivity index (χ4v) is 6.50. The zero-order valence-corrected chi connectivity index (χ0v) is 25.0. The monoisotopic (exact) mass is 591 g/mol. The number of amides is 1. The maximum absolute atomic E-state index is 16.8. The van der Waals surface area contributed by atoms with Crippen molar-refractivity contribution in [1.82, 2.24) is 29.5 Å². The van der Waals surface area contributed by atoms with Gasteiger partial charge in [0.05, 0.1) is 16.7 Å². The molecule has 11 heteroatoms. The predicted molar refractivity (Wildman–Crippen MR) is 164 cm³/mol. The van der Waals surface area contributed by atoms with Crippen LogP contribution in [0.4, 0.5) is 10.2 Å². The van der Waals surface area contributed by atoms with Gasteiger partial charge >= 0.3 is 6.01 Å². The summed E-state index contributed by atoms with van der Waals surface area (Å²) in [4.78, 5) is 27.9. The van der Waals surface area contributed by atoms with Crippen molar-refractivity contribution in [3.05, 3.63) is 53.5 Å². The van der Waals surface area contributed by atoms with Crippen LogP contribution in [0.2, 0.25) is 5.02 Å². The lowest BCUT2D eigenvalue weighted by molar-refractivity contribution is -0.125. The van der Waals surface area contributed by atoms with Crippen molar-refractivity contribution in [3.8, 4) is 17.1 Å². The van der Waals surface area contributed by atoms with Gasteiger partial charge in [0.2, 0.25) is 5.91 Å². The Morgan fingerprint density at radius 1 is 1.14 bits per heavy atom. The molecule has 0 unspecified atom stereocenters. The highest BCUT2D eigenvalue weighted by atomic mass is 35.5. The first-order valence-corrected chi connectivity index (χ1v) is 14.8. The summed E-state index contributed by atoms with van der Waals surface area (Å²) in [6, 6.07) is 6.06. The van der Waals surface area contributed by atoms with Gasteiger partial charge in [-0.25, -0.2) is 4.39 Å². The van der Waals surface area contributed by atoms with Gasteiger partial charge in [0, 0.05) is 61.2 Å². The highest BCUT2D eigenvalue weighted by Gasteiger charge is 2.27. The number of fused-ring (bicyclic) bond motifs is 2. The Bertz CT molecular complexity index is 1690. The van der Waals surface area contributed by atoms with Crippen LogP contribution in [0.25, 0.3) is 32.9 Å². The maximum atomic E-state index is 16.8. The molecule has 2 aliphatic heterocycles. The lowest BCUT2D eigenvalue weighted by Gasteiger charge is -2.25. The van der Waals surface area contributed by atoms with Gasteiger partial charge in [0.25, 0.3) is 0 Å². The smallest absolute Gasteiger partial charge is 0.319 e. The van der Waals surface area contributed by atoms with E-state index in [0.29, 0.717) is 49.6 Å². The maximum Gasteiger partial charge on any atom is 0.319 e. The molecule has 4 aromatic rings. The van der Waals surface area contributed by atoms with Crippen molar-refractivity contribution >= 4 is 45.1 Å². The van der Waals surface area contributed by atoms with E-state index in [1.807, 2.05) is 26.1 Å². The number of aromatic nitrogens is 4. The van der Waals surface area contributed by atoms with Gasteiger partial charge < -0.3 is 19.4 Å². The molecule has 6 rings (SSSR count). The van der Waals surface area contributed by atoms with Crippen LogP contribution in [-0.4, -0.2) is 87.9 Å². The van der Waals surface area contributed by atoms with Gasteiger partial charge in [0.15, 0.2) is 5.82 Å². The SMILES string of the molecule is C=CC(=O)N1CCCN(c2nc(OC[C@@H]3CCCN3C)nc3c(F)c(-c4c(C)ccc5cnn(C)c45)c(Cl)cc23)CC1. The highest BCUT2D eigenvalue weighted by Crippen LogP contribution is 2.42. The number of hydrogen-bond donors (Lipinski definition) is 0. The van der Waals surface area contributed by atoms with Crippen molar-refractivity contribution in [3.63, 3.8) is 0 Å². The average molecular weight is 592 g/mol. The number of likely N-dealkylation sites (tertiary alicyclic amines) is 1. The minimum atomic E-state index is -0.529. The molecule has 2 aliphatic rings. The molecule has 0 aliphatic carbocycles. The van der Waals surface area contributed by atoms with Gasteiger partial charge in [-0.3, -0.25) is 9.48 Å². The Morgan fingerprint density at radius 3 is 2.74 bits per heavy atom. The quantitative estimate of drug-likeness (QED) is 0.293. The Labute approximate surface area is 249 Å². The van der Waals surface area contributed by atoms with E-state index >= 15 is 4.39 Å². The number of ether oxygens (including phenoxy) is 1. The van der Waals surface area contributed by atoms with Crippen LogP contribution in [0, 0.1) is 12.7 Å². The number of hydrogen-bond acceptors (Lipinski definition) is 7. The van der Waals surface area contributed by atoms with Crippen LogP contribution in [-0.2, 0) is 11.8 Å². The summed E-state index contributed by atoms with van der Waals surface area (Å²) in [5, 5.41) is 6.06. The Hall–Kier alpha value is -3.76. The zero-order valence-electron chi connectivity index (χ0n) is 24.2. The molecule has 2 fully saturated rings. The lowest BCUT2D eigenvalue weighted by atomic mass is 9.96. The first-order valence-electron chi connectivity index (χ1n) is 14.4. The Morgan fingerprint density at radius 2 is 1.98 bits per heavy atom. The summed E-state index contributed by atoms with van der Waals surface area (Å²) < 4.78 is 24.7. The fourth-order valence-electron chi connectivity index (χ4n) is 6.22. The van der Waals surface area contributed by atoms with Crippen molar-refractivity contribution in [2.45, 2.75) is 32.2 Å². The molecule has 220 valence electrons. The topological polar surface area (TPSA) is 79.6 Å². The Kier molecular flexibility index (Phi) is 7.76. The Balaban J connectivity index is 1.49. The van der Waals surface area contributed by atoms with Crippen LogP contribution in [0.1, 0.15) is 24.8 Å². The molecule has 0 radical (unpaired) electrons. The van der Waals surface area contributed by atoms with Crippen molar-refractivity contribution in [2.24, 2.45) is 7.05 Å². The van der Waals surface area contributed by atoms with Crippen LogP contribution < -0.4 is 9.64 Å². The molecule has 2 saturated heterocycles. The standard InChI is InChI=1S/C31H35ClFN7O2/c1-5-24(41)39-12-7-13-40(15-14-39)30-22-16-23(32)26(25-19(2)9-10-20-17-34-38(4)29(20)25)27(33)28(22)35-31(36-30)42-18-21-8-6-11-37(21)3/h5,9-10,16-17,21H,1,6-8,11-15,18H2,2-4H3/t21-/m0/s1. The minimum absolute atomic E-state index is 0.104. The van der Waals surface area contributed by atoms with Gasteiger partial charge in [-0.1, -0.05) is 30.3 Å². The third-order valence-corrected chi connectivity index (χ3v) is 8.86. The number of benzene rings is 2. The van der Waals surface area contributed by atoms with E-state index in [1.54, 1.807) is 21.8 Å². The number of likely N-dealkylation sites (N-methyl/N-ethyl adjacent to an activating group) is 1. The van der Waals surface area contributed by atoms with Crippen LogP contribution in [0.5, 0.6) is 6.01 Å². The minimum Gasteiger partial charge on any atom is -0.462 e. The van der Waals surface area contributed by atoms with E-state index in [2.05, 4.69) is 33.5 Å². The van der Waals surface area contributed by atoms with Crippen LogP contribution in [0.15, 0.2) is 37.1 Å². The van der Waals surface area contributed by atoms with Crippen molar-refractivity contribution in [2.75, 3.05) is 51.3 Å². The molecule has 1 atom stereocenters. The zero-order chi connectivity index (χ0) is 29.5. The van der Waals surface area contributed by atoms with E-state index in [0.717, 1.165) is 42.3 Å². The second kappa shape index (κ2) is 11.5. The summed E-state index contributed by atoms with van der Waals surface area (Å²) in [7, 11) is 3.92. The van der Waals surface area contributed by atoms with Crippen LogP contribution >= 0.6 is 11.6 Å². The molecule has 4 heterocycles. The molecular weight excluding hydrogens is 557 g/mol. The lowest BCUT2D eigenvalue weighted by Crippen LogP contribution is -2.34. The summed E-state index contributed by atoms with van der Waals surface area (Å²) in [5.74, 6) is -0.0860. The number of aryl methyl sites for hydroxylation is 2. The van der Waals surface area contributed by atoms with E-state index in [4.69, 9.17) is 21.3 Å². The number of carbonyl (C=O) groups is 1. The molecule has 1 amide bonds. The third-order valence-electron chi connectivity index (χ3n) is 8.56. The second-order valence-corrected chi connectivity index (χ2v) is 11.6. The highest BCUT2D eigenvalue weighted by molar-refractivity contribution is 6.35. The number of carbonyl (C=O) groups excluding carboxylic acids is 1. The largest absolute Gasteiger partial charge is 0.462 e. The summed E-state index contributed by atoms with van der Waals surface area (Å²) in [6.45, 7) is 9.25. The predicted octanol–water partition coefficient (Wildman–Crippen LogP) is 4.98. The number of anilines is 1. The fraction of sp³-hybridized carbons (Fsp3) is 0.419. The molecule has 0 N–H and O–H groups in total. The van der Waals surface area contributed by atoms with E-state index in [9.17, 15) is 4.79 Å². The molecule has 0 bridgehead atoms. The number of rotatable bonds is 6. The molecule has 42 heavy (non-hydrogen) atoms. The van der Waals surface area contributed by atoms with Crippen molar-refractivity contribution in [1.29, 1.82) is 0 Å². The third kappa shape index (κ3) is 5.07. The van der Waals surface area contributed by atoms with Gasteiger partial charge in [0.1, 0.15) is 17.9 Å².